The molecule has 0 fully saturated rings. The van der Waals surface area contributed by atoms with Crippen molar-refractivity contribution >= 4 is 5.97 Å². The predicted octanol–water partition coefficient (Wildman–Crippen LogP) is 0.544. The van der Waals surface area contributed by atoms with Crippen molar-refractivity contribution in [3.63, 3.8) is 0 Å². The predicted molar refractivity (Wildman–Crippen MR) is 56.7 cm³/mol. The first kappa shape index (κ1) is 10.8. The van der Waals surface area contributed by atoms with Gasteiger partial charge in [0, 0.05) is 5.56 Å². The van der Waals surface area contributed by atoms with E-state index in [-0.39, 0.29) is 13.2 Å². The zero-order valence-electron chi connectivity index (χ0n) is 8.73. The van der Waals surface area contributed by atoms with Gasteiger partial charge in [0.25, 0.3) is 0 Å². The molecule has 1 aliphatic rings. The minimum Gasteiger partial charge on any atom is -0.481 e. The van der Waals surface area contributed by atoms with E-state index >= 15 is 0 Å². The van der Waals surface area contributed by atoms with Gasteiger partial charge in [-0.25, -0.2) is 0 Å². The number of benzene rings is 1. The van der Waals surface area contributed by atoms with Gasteiger partial charge in [0.15, 0.2) is 11.5 Å². The summed E-state index contributed by atoms with van der Waals surface area (Å²) >= 11 is 0. The molecule has 1 aromatic rings. The molecule has 0 amide bonds. The average Bonchev–Trinajstić information content (AvgIpc) is 2.69. The number of ether oxygens (including phenoxy) is 2. The van der Waals surface area contributed by atoms with E-state index in [4.69, 9.17) is 20.3 Å². The highest BCUT2D eigenvalue weighted by atomic mass is 16.7. The van der Waals surface area contributed by atoms with Gasteiger partial charge in [-0.15, -0.1) is 0 Å². The lowest BCUT2D eigenvalue weighted by molar-refractivity contribution is -0.136. The number of carbonyl (C=O) groups is 1. The molecule has 0 saturated heterocycles. The fourth-order valence-electron chi connectivity index (χ4n) is 1.82. The van der Waals surface area contributed by atoms with Crippen molar-refractivity contribution in [3.05, 3.63) is 23.3 Å². The van der Waals surface area contributed by atoms with Gasteiger partial charge in [0.2, 0.25) is 6.79 Å². The van der Waals surface area contributed by atoms with Crippen molar-refractivity contribution in [1.29, 1.82) is 0 Å². The summed E-state index contributed by atoms with van der Waals surface area (Å²) in [6, 6.07) is 3.49. The number of aliphatic carboxylic acids is 1. The van der Waals surface area contributed by atoms with Crippen LogP contribution in [0.25, 0.3) is 0 Å². The summed E-state index contributed by atoms with van der Waals surface area (Å²) in [5.41, 5.74) is 7.10. The first-order valence-corrected chi connectivity index (χ1v) is 5.04. The van der Waals surface area contributed by atoms with Gasteiger partial charge in [0.05, 0.1) is 6.42 Å². The lowest BCUT2D eigenvalue weighted by Crippen LogP contribution is -2.09. The lowest BCUT2D eigenvalue weighted by Gasteiger charge is -2.09. The maximum Gasteiger partial charge on any atom is 0.307 e. The number of carboxylic acids is 1. The first-order valence-electron chi connectivity index (χ1n) is 5.04. The molecule has 5 heteroatoms. The highest BCUT2D eigenvalue weighted by Crippen LogP contribution is 2.37. The standard InChI is InChI=1S/C11H13NO4/c12-4-3-8-7(5-10(13)14)1-2-9-11(8)16-6-15-9/h1-2H,3-6,12H2,(H,13,14). The number of carboxylic acid groups (broad SMARTS) is 1. The van der Waals surface area contributed by atoms with Crippen LogP contribution in [0.3, 0.4) is 0 Å². The van der Waals surface area contributed by atoms with Crippen LogP contribution in [0.4, 0.5) is 0 Å². The maximum absolute atomic E-state index is 10.7. The van der Waals surface area contributed by atoms with Crippen LogP contribution in [0, 0.1) is 0 Å². The molecular formula is C11H13NO4. The summed E-state index contributed by atoms with van der Waals surface area (Å²) in [7, 11) is 0. The molecule has 1 aromatic carbocycles. The topological polar surface area (TPSA) is 81.8 Å². The number of rotatable bonds is 4. The Morgan fingerprint density at radius 1 is 1.44 bits per heavy atom. The van der Waals surface area contributed by atoms with E-state index in [0.717, 1.165) is 11.1 Å². The largest absolute Gasteiger partial charge is 0.481 e. The van der Waals surface area contributed by atoms with Crippen molar-refractivity contribution in [2.75, 3.05) is 13.3 Å². The average molecular weight is 223 g/mol. The first-order chi connectivity index (χ1) is 7.72. The smallest absolute Gasteiger partial charge is 0.307 e. The monoisotopic (exact) mass is 223 g/mol. The van der Waals surface area contributed by atoms with E-state index in [9.17, 15) is 4.79 Å². The molecule has 2 rings (SSSR count). The molecule has 16 heavy (non-hydrogen) atoms. The summed E-state index contributed by atoms with van der Waals surface area (Å²) in [6.07, 6.45) is 0.571. The van der Waals surface area contributed by atoms with Crippen molar-refractivity contribution in [2.24, 2.45) is 5.73 Å². The van der Waals surface area contributed by atoms with E-state index in [2.05, 4.69) is 0 Å². The molecule has 0 radical (unpaired) electrons. The van der Waals surface area contributed by atoms with E-state index in [1.54, 1.807) is 12.1 Å². The highest BCUT2D eigenvalue weighted by Gasteiger charge is 2.21. The fraction of sp³-hybridized carbons (Fsp3) is 0.364. The molecule has 1 heterocycles. The number of hydrogen-bond donors (Lipinski definition) is 2. The van der Waals surface area contributed by atoms with Gasteiger partial charge in [-0.1, -0.05) is 6.07 Å². The zero-order chi connectivity index (χ0) is 11.5. The molecule has 3 N–H and O–H groups in total. The molecule has 0 saturated carbocycles. The normalized spacial score (nSPS) is 12.8. The molecule has 0 atom stereocenters. The van der Waals surface area contributed by atoms with E-state index in [0.29, 0.717) is 24.5 Å². The second-order valence-corrected chi connectivity index (χ2v) is 3.55. The molecule has 1 aliphatic heterocycles. The van der Waals surface area contributed by atoms with Crippen LogP contribution in [0.15, 0.2) is 12.1 Å². The van der Waals surface area contributed by atoms with Crippen LogP contribution in [0.1, 0.15) is 11.1 Å². The summed E-state index contributed by atoms with van der Waals surface area (Å²) in [5, 5.41) is 8.80. The molecule has 0 aromatic heterocycles. The Labute approximate surface area is 92.8 Å². The number of nitrogens with two attached hydrogens (primary N) is 1. The van der Waals surface area contributed by atoms with Crippen molar-refractivity contribution in [1.82, 2.24) is 0 Å². The Balaban J connectivity index is 2.40. The van der Waals surface area contributed by atoms with Crippen LogP contribution >= 0.6 is 0 Å². The van der Waals surface area contributed by atoms with Gasteiger partial charge in [0.1, 0.15) is 0 Å². The fourth-order valence-corrected chi connectivity index (χ4v) is 1.82. The zero-order valence-corrected chi connectivity index (χ0v) is 8.73. The summed E-state index contributed by atoms with van der Waals surface area (Å²) in [4.78, 5) is 10.7. The number of fused-ring (bicyclic) bond motifs is 1. The second-order valence-electron chi connectivity index (χ2n) is 3.55. The third-order valence-corrected chi connectivity index (χ3v) is 2.48. The van der Waals surface area contributed by atoms with Crippen molar-refractivity contribution < 1.29 is 19.4 Å². The van der Waals surface area contributed by atoms with Gasteiger partial charge < -0.3 is 20.3 Å². The summed E-state index contributed by atoms with van der Waals surface area (Å²) in [6.45, 7) is 0.635. The van der Waals surface area contributed by atoms with Crippen LogP contribution in [-0.2, 0) is 17.6 Å². The van der Waals surface area contributed by atoms with E-state index in [1.807, 2.05) is 0 Å². The molecule has 0 bridgehead atoms. The quantitative estimate of drug-likeness (QED) is 0.778. The van der Waals surface area contributed by atoms with Gasteiger partial charge in [-0.3, -0.25) is 4.79 Å². The van der Waals surface area contributed by atoms with E-state index in [1.165, 1.54) is 0 Å². The van der Waals surface area contributed by atoms with Crippen LogP contribution < -0.4 is 15.2 Å². The summed E-state index contributed by atoms with van der Waals surface area (Å²) in [5.74, 6) is 0.443. The molecule has 86 valence electrons. The molecular weight excluding hydrogens is 210 g/mol. The van der Waals surface area contributed by atoms with E-state index < -0.39 is 5.97 Å². The molecule has 5 nitrogen and oxygen atoms in total. The SMILES string of the molecule is NCCc1c(CC(=O)O)ccc2c1OCO2. The summed E-state index contributed by atoms with van der Waals surface area (Å²) < 4.78 is 10.6. The van der Waals surface area contributed by atoms with Gasteiger partial charge in [-0.2, -0.15) is 0 Å². The second kappa shape index (κ2) is 4.40. The molecule has 0 unspecified atom stereocenters. The molecule has 0 spiro atoms. The Hall–Kier alpha value is -1.75. The van der Waals surface area contributed by atoms with Crippen molar-refractivity contribution in [3.8, 4) is 11.5 Å². The highest BCUT2D eigenvalue weighted by molar-refractivity contribution is 5.72. The Morgan fingerprint density at radius 2 is 2.25 bits per heavy atom. The third-order valence-electron chi connectivity index (χ3n) is 2.48. The minimum atomic E-state index is -0.864. The Kier molecular flexibility index (Phi) is 2.96. The number of hydrogen-bond acceptors (Lipinski definition) is 4. The Bertz CT molecular complexity index is 417. The van der Waals surface area contributed by atoms with Crippen LogP contribution in [0.2, 0.25) is 0 Å². The van der Waals surface area contributed by atoms with Gasteiger partial charge >= 0.3 is 5.97 Å². The molecule has 0 aliphatic carbocycles. The Morgan fingerprint density at radius 3 is 2.94 bits per heavy atom. The van der Waals surface area contributed by atoms with Crippen LogP contribution in [-0.4, -0.2) is 24.4 Å². The van der Waals surface area contributed by atoms with Crippen LogP contribution in [0.5, 0.6) is 11.5 Å². The third kappa shape index (κ3) is 1.94. The van der Waals surface area contributed by atoms with Gasteiger partial charge in [-0.05, 0) is 24.6 Å². The van der Waals surface area contributed by atoms with Crippen molar-refractivity contribution in [2.45, 2.75) is 12.8 Å². The minimum absolute atomic E-state index is 0.0219. The lowest BCUT2D eigenvalue weighted by atomic mass is 10.00. The maximum atomic E-state index is 10.7.